The Morgan fingerprint density at radius 2 is 2.31 bits per heavy atom. The van der Waals surface area contributed by atoms with Crippen LogP contribution in [0.15, 0.2) is 12.4 Å². The van der Waals surface area contributed by atoms with E-state index in [0.29, 0.717) is 12.1 Å². The van der Waals surface area contributed by atoms with E-state index in [0.717, 1.165) is 0 Å². The van der Waals surface area contributed by atoms with Crippen LogP contribution in [-0.2, 0) is 27.3 Å². The SMILES string of the molecule is COC(=O)C(C)Cn1cc(CC(=O)O)cn1. The largest absolute Gasteiger partial charge is 0.481 e. The van der Waals surface area contributed by atoms with Crippen LogP contribution in [0.5, 0.6) is 0 Å². The fourth-order valence-corrected chi connectivity index (χ4v) is 1.33. The van der Waals surface area contributed by atoms with Gasteiger partial charge >= 0.3 is 11.9 Å². The van der Waals surface area contributed by atoms with Crippen LogP contribution in [0.2, 0.25) is 0 Å². The average molecular weight is 226 g/mol. The molecule has 0 aromatic carbocycles. The fourth-order valence-electron chi connectivity index (χ4n) is 1.33. The second kappa shape index (κ2) is 5.29. The van der Waals surface area contributed by atoms with Gasteiger partial charge in [-0.15, -0.1) is 0 Å². The Kier molecular flexibility index (Phi) is 4.04. The summed E-state index contributed by atoms with van der Waals surface area (Å²) in [6.07, 6.45) is 3.04. The molecule has 1 unspecified atom stereocenters. The summed E-state index contributed by atoms with van der Waals surface area (Å²) in [4.78, 5) is 21.6. The van der Waals surface area contributed by atoms with E-state index in [1.807, 2.05) is 0 Å². The zero-order chi connectivity index (χ0) is 12.1. The van der Waals surface area contributed by atoms with Crippen LogP contribution in [0.3, 0.4) is 0 Å². The molecule has 88 valence electrons. The Bertz CT molecular complexity index is 386. The van der Waals surface area contributed by atoms with Crippen molar-refractivity contribution < 1.29 is 19.4 Å². The molecule has 1 aromatic rings. The van der Waals surface area contributed by atoms with Gasteiger partial charge in [-0.3, -0.25) is 14.3 Å². The van der Waals surface area contributed by atoms with Crippen LogP contribution in [0.1, 0.15) is 12.5 Å². The van der Waals surface area contributed by atoms with Crippen molar-refractivity contribution in [2.75, 3.05) is 7.11 Å². The summed E-state index contributed by atoms with van der Waals surface area (Å²) in [5.74, 6) is -1.52. The Balaban J connectivity index is 2.58. The fraction of sp³-hybridized carbons (Fsp3) is 0.500. The van der Waals surface area contributed by atoms with Gasteiger partial charge in [-0.2, -0.15) is 5.10 Å². The molecule has 0 fully saturated rings. The Morgan fingerprint density at radius 3 is 2.88 bits per heavy atom. The average Bonchev–Trinajstić information content (AvgIpc) is 2.63. The van der Waals surface area contributed by atoms with Crippen LogP contribution in [0.4, 0.5) is 0 Å². The Morgan fingerprint density at radius 1 is 1.62 bits per heavy atom. The number of methoxy groups -OCH3 is 1. The van der Waals surface area contributed by atoms with Crippen molar-refractivity contribution >= 4 is 11.9 Å². The van der Waals surface area contributed by atoms with Crippen molar-refractivity contribution in [3.63, 3.8) is 0 Å². The maximum absolute atomic E-state index is 11.1. The number of hydrogen-bond acceptors (Lipinski definition) is 4. The Labute approximate surface area is 92.8 Å². The monoisotopic (exact) mass is 226 g/mol. The van der Waals surface area contributed by atoms with E-state index >= 15 is 0 Å². The molecule has 0 aliphatic heterocycles. The van der Waals surface area contributed by atoms with E-state index in [2.05, 4.69) is 9.84 Å². The highest BCUT2D eigenvalue weighted by Crippen LogP contribution is 2.05. The van der Waals surface area contributed by atoms with Crippen LogP contribution in [-0.4, -0.2) is 33.9 Å². The molecular formula is C10H14N2O4. The van der Waals surface area contributed by atoms with Gasteiger partial charge in [-0.05, 0) is 0 Å². The first kappa shape index (κ1) is 12.2. The smallest absolute Gasteiger partial charge is 0.310 e. The van der Waals surface area contributed by atoms with E-state index in [-0.39, 0.29) is 18.3 Å². The third-order valence-electron chi connectivity index (χ3n) is 2.11. The lowest BCUT2D eigenvalue weighted by Gasteiger charge is -2.08. The molecule has 6 heteroatoms. The maximum atomic E-state index is 11.1. The minimum absolute atomic E-state index is 0.0629. The number of carboxylic acids is 1. The van der Waals surface area contributed by atoms with Crippen molar-refractivity contribution in [2.45, 2.75) is 19.9 Å². The predicted octanol–water partition coefficient (Wildman–Crippen LogP) is 0.319. The number of ether oxygens (including phenoxy) is 1. The first-order valence-corrected chi connectivity index (χ1v) is 4.84. The van der Waals surface area contributed by atoms with Gasteiger partial charge in [0.2, 0.25) is 0 Å². The number of aromatic nitrogens is 2. The van der Waals surface area contributed by atoms with Gasteiger partial charge < -0.3 is 9.84 Å². The van der Waals surface area contributed by atoms with Crippen LogP contribution >= 0.6 is 0 Å². The number of aliphatic carboxylic acids is 1. The van der Waals surface area contributed by atoms with E-state index in [1.54, 1.807) is 17.8 Å². The Hall–Kier alpha value is -1.85. The molecule has 0 aliphatic rings. The van der Waals surface area contributed by atoms with Crippen molar-refractivity contribution in [1.29, 1.82) is 0 Å². The minimum Gasteiger partial charge on any atom is -0.481 e. The van der Waals surface area contributed by atoms with E-state index in [9.17, 15) is 9.59 Å². The van der Waals surface area contributed by atoms with Crippen molar-refractivity contribution in [2.24, 2.45) is 5.92 Å². The van der Waals surface area contributed by atoms with E-state index in [1.165, 1.54) is 13.3 Å². The lowest BCUT2D eigenvalue weighted by atomic mass is 10.2. The number of hydrogen-bond donors (Lipinski definition) is 1. The summed E-state index contributed by atoms with van der Waals surface area (Å²) in [5.41, 5.74) is 0.615. The van der Waals surface area contributed by atoms with Gasteiger partial charge in [0.15, 0.2) is 0 Å². The molecule has 16 heavy (non-hydrogen) atoms. The standard InChI is InChI=1S/C10H14N2O4/c1-7(10(15)16-2)5-12-6-8(4-11-12)3-9(13)14/h4,6-7H,3,5H2,1-2H3,(H,13,14). The van der Waals surface area contributed by atoms with Crippen molar-refractivity contribution in [3.05, 3.63) is 18.0 Å². The molecule has 1 heterocycles. The molecule has 0 radical (unpaired) electrons. The third-order valence-corrected chi connectivity index (χ3v) is 2.11. The second-order valence-corrected chi connectivity index (χ2v) is 3.57. The predicted molar refractivity (Wildman–Crippen MR) is 54.7 cm³/mol. The summed E-state index contributed by atoms with van der Waals surface area (Å²) < 4.78 is 6.12. The molecule has 1 aromatic heterocycles. The van der Waals surface area contributed by atoms with Crippen LogP contribution in [0.25, 0.3) is 0 Å². The zero-order valence-corrected chi connectivity index (χ0v) is 9.21. The quantitative estimate of drug-likeness (QED) is 0.731. The molecule has 0 saturated heterocycles. The second-order valence-electron chi connectivity index (χ2n) is 3.57. The molecule has 0 amide bonds. The molecule has 1 rings (SSSR count). The number of rotatable bonds is 5. The summed E-state index contributed by atoms with van der Waals surface area (Å²) in [5, 5.41) is 12.5. The molecule has 1 atom stereocenters. The number of carbonyl (C=O) groups excluding carboxylic acids is 1. The van der Waals surface area contributed by atoms with Crippen LogP contribution in [0, 0.1) is 5.92 Å². The molecule has 1 N–H and O–H groups in total. The molecule has 0 saturated carbocycles. The molecular weight excluding hydrogens is 212 g/mol. The lowest BCUT2D eigenvalue weighted by Crippen LogP contribution is -2.19. The maximum Gasteiger partial charge on any atom is 0.310 e. The van der Waals surface area contributed by atoms with Gasteiger partial charge in [0.25, 0.3) is 0 Å². The summed E-state index contributed by atoms with van der Waals surface area (Å²) in [7, 11) is 1.33. The minimum atomic E-state index is -0.902. The summed E-state index contributed by atoms with van der Waals surface area (Å²) in [6.45, 7) is 2.11. The highest BCUT2D eigenvalue weighted by atomic mass is 16.5. The van der Waals surface area contributed by atoms with Gasteiger partial charge in [-0.1, -0.05) is 6.92 Å². The topological polar surface area (TPSA) is 81.4 Å². The number of carboxylic acid groups (broad SMARTS) is 1. The highest BCUT2D eigenvalue weighted by molar-refractivity contribution is 5.71. The lowest BCUT2D eigenvalue weighted by molar-refractivity contribution is -0.145. The number of carbonyl (C=O) groups is 2. The van der Waals surface area contributed by atoms with Crippen LogP contribution < -0.4 is 0 Å². The summed E-state index contributed by atoms with van der Waals surface area (Å²) in [6, 6.07) is 0. The van der Waals surface area contributed by atoms with Gasteiger partial charge in [0, 0.05) is 11.8 Å². The van der Waals surface area contributed by atoms with Gasteiger partial charge in [-0.25, -0.2) is 0 Å². The van der Waals surface area contributed by atoms with Gasteiger partial charge in [0.05, 0.1) is 32.2 Å². The number of nitrogens with zero attached hydrogens (tertiary/aromatic N) is 2. The first-order chi connectivity index (χ1) is 7.52. The zero-order valence-electron chi connectivity index (χ0n) is 9.21. The molecule has 6 nitrogen and oxygen atoms in total. The van der Waals surface area contributed by atoms with E-state index < -0.39 is 5.97 Å². The van der Waals surface area contributed by atoms with E-state index in [4.69, 9.17) is 5.11 Å². The molecule has 0 spiro atoms. The third kappa shape index (κ3) is 3.38. The van der Waals surface area contributed by atoms with Crippen molar-refractivity contribution in [3.8, 4) is 0 Å². The summed E-state index contributed by atoms with van der Waals surface area (Å²) >= 11 is 0. The van der Waals surface area contributed by atoms with Gasteiger partial charge in [0.1, 0.15) is 0 Å². The molecule has 0 bridgehead atoms. The van der Waals surface area contributed by atoms with Crippen molar-refractivity contribution in [1.82, 2.24) is 9.78 Å². The normalized spacial score (nSPS) is 12.1. The number of esters is 1. The molecule has 0 aliphatic carbocycles. The highest BCUT2D eigenvalue weighted by Gasteiger charge is 2.14. The first-order valence-electron chi connectivity index (χ1n) is 4.84.